The van der Waals surface area contributed by atoms with Gasteiger partial charge in [-0.25, -0.2) is 0 Å². The van der Waals surface area contributed by atoms with Crippen LogP contribution in [0.1, 0.15) is 37.8 Å². The second-order valence-electron chi connectivity index (χ2n) is 6.51. The maximum absolute atomic E-state index is 5.89. The van der Waals surface area contributed by atoms with Gasteiger partial charge in [-0.05, 0) is 44.4 Å². The Morgan fingerprint density at radius 1 is 1.26 bits per heavy atom. The lowest BCUT2D eigenvalue weighted by molar-refractivity contribution is -0.0320. The highest BCUT2D eigenvalue weighted by Crippen LogP contribution is 2.29. The second kappa shape index (κ2) is 11.7. The summed E-state index contributed by atoms with van der Waals surface area (Å²) in [4.78, 5) is 4.30. The van der Waals surface area contributed by atoms with Gasteiger partial charge in [0.25, 0.3) is 0 Å². The number of aliphatic imine (C=N–C) groups is 1. The van der Waals surface area contributed by atoms with Crippen LogP contribution in [0.25, 0.3) is 0 Å². The lowest BCUT2D eigenvalue weighted by Crippen LogP contribution is -2.39. The van der Waals surface area contributed by atoms with E-state index in [2.05, 4.69) is 22.5 Å². The number of ether oxygens (including phenoxy) is 4. The highest BCUT2D eigenvalue weighted by molar-refractivity contribution is 5.80. The fraction of sp³-hybridized carbons (Fsp3) is 0.650. The minimum absolute atomic E-state index is 0.0136. The number of methoxy groups -OCH3 is 2. The fourth-order valence-corrected chi connectivity index (χ4v) is 3.03. The van der Waals surface area contributed by atoms with Crippen molar-refractivity contribution < 1.29 is 18.9 Å². The Morgan fingerprint density at radius 2 is 2.04 bits per heavy atom. The van der Waals surface area contributed by atoms with Crippen LogP contribution in [-0.2, 0) is 9.47 Å². The summed E-state index contributed by atoms with van der Waals surface area (Å²) in [5, 5.41) is 6.73. The summed E-state index contributed by atoms with van der Waals surface area (Å²) in [6.07, 6.45) is 3.26. The molecule has 0 bridgehead atoms. The van der Waals surface area contributed by atoms with Crippen LogP contribution >= 0.6 is 0 Å². The van der Waals surface area contributed by atoms with E-state index >= 15 is 0 Å². The normalized spacial score (nSPS) is 16.7. The van der Waals surface area contributed by atoms with Gasteiger partial charge in [0.1, 0.15) is 11.5 Å². The Morgan fingerprint density at radius 3 is 2.70 bits per heavy atom. The highest BCUT2D eigenvalue weighted by atomic mass is 16.5. The van der Waals surface area contributed by atoms with Gasteiger partial charge < -0.3 is 29.6 Å². The summed E-state index contributed by atoms with van der Waals surface area (Å²) >= 11 is 0. The number of rotatable bonds is 9. The first-order chi connectivity index (χ1) is 13.2. The molecular weight excluding hydrogens is 346 g/mol. The molecule has 27 heavy (non-hydrogen) atoms. The van der Waals surface area contributed by atoms with Crippen LogP contribution in [0.15, 0.2) is 23.2 Å². The molecule has 0 aliphatic carbocycles. The first-order valence-electron chi connectivity index (χ1n) is 9.56. The SMILES string of the molecule is CN=C(NCCCOC1CCOCC1)NC(C)c1cc(OC)ccc1OC. The van der Waals surface area contributed by atoms with Gasteiger partial charge in [-0.1, -0.05) is 0 Å². The van der Waals surface area contributed by atoms with E-state index in [4.69, 9.17) is 18.9 Å². The van der Waals surface area contributed by atoms with Crippen molar-refractivity contribution in [3.8, 4) is 11.5 Å². The van der Waals surface area contributed by atoms with Crippen molar-refractivity contribution in [3.05, 3.63) is 23.8 Å². The van der Waals surface area contributed by atoms with Crippen molar-refractivity contribution in [2.45, 2.75) is 38.3 Å². The zero-order valence-corrected chi connectivity index (χ0v) is 16.9. The van der Waals surface area contributed by atoms with E-state index in [1.807, 2.05) is 18.2 Å². The summed E-state index contributed by atoms with van der Waals surface area (Å²) in [6, 6.07) is 5.79. The van der Waals surface area contributed by atoms with E-state index in [0.29, 0.717) is 6.10 Å². The lowest BCUT2D eigenvalue weighted by atomic mass is 10.1. The van der Waals surface area contributed by atoms with Crippen LogP contribution in [0.4, 0.5) is 0 Å². The molecule has 152 valence electrons. The molecule has 0 radical (unpaired) electrons. The molecule has 2 N–H and O–H groups in total. The molecule has 1 fully saturated rings. The van der Waals surface area contributed by atoms with Crippen molar-refractivity contribution in [2.75, 3.05) is 47.6 Å². The monoisotopic (exact) mass is 379 g/mol. The molecular formula is C20H33N3O4. The van der Waals surface area contributed by atoms with Crippen LogP contribution in [0.3, 0.4) is 0 Å². The van der Waals surface area contributed by atoms with Crippen LogP contribution in [0, 0.1) is 0 Å². The number of nitrogens with zero attached hydrogens (tertiary/aromatic N) is 1. The fourth-order valence-electron chi connectivity index (χ4n) is 3.03. The summed E-state index contributed by atoms with van der Waals surface area (Å²) in [7, 11) is 5.10. The van der Waals surface area contributed by atoms with Gasteiger partial charge in [0, 0.05) is 39.0 Å². The second-order valence-corrected chi connectivity index (χ2v) is 6.51. The Balaban J connectivity index is 1.77. The topological polar surface area (TPSA) is 73.3 Å². The third-order valence-electron chi connectivity index (χ3n) is 4.62. The van der Waals surface area contributed by atoms with Gasteiger partial charge >= 0.3 is 0 Å². The molecule has 0 aromatic heterocycles. The molecule has 7 heteroatoms. The average molecular weight is 380 g/mol. The van der Waals surface area contributed by atoms with Crippen LogP contribution in [0.5, 0.6) is 11.5 Å². The first kappa shape index (κ1) is 21.3. The van der Waals surface area contributed by atoms with Crippen molar-refractivity contribution >= 4 is 5.96 Å². The van der Waals surface area contributed by atoms with Gasteiger partial charge in [-0.2, -0.15) is 0 Å². The quantitative estimate of drug-likeness (QED) is 0.390. The van der Waals surface area contributed by atoms with E-state index in [-0.39, 0.29) is 6.04 Å². The molecule has 0 spiro atoms. The smallest absolute Gasteiger partial charge is 0.191 e. The molecule has 1 aromatic carbocycles. The van der Waals surface area contributed by atoms with Crippen molar-refractivity contribution in [1.82, 2.24) is 10.6 Å². The molecule has 1 aromatic rings. The largest absolute Gasteiger partial charge is 0.497 e. The molecule has 1 atom stereocenters. The molecule has 7 nitrogen and oxygen atoms in total. The summed E-state index contributed by atoms with van der Waals surface area (Å²) in [5.41, 5.74) is 1.02. The zero-order valence-electron chi connectivity index (χ0n) is 16.9. The summed E-state index contributed by atoms with van der Waals surface area (Å²) in [5.74, 6) is 2.36. The maximum atomic E-state index is 5.89. The summed E-state index contributed by atoms with van der Waals surface area (Å²) < 4.78 is 22.0. The average Bonchev–Trinajstić information content (AvgIpc) is 2.72. The number of hydrogen-bond donors (Lipinski definition) is 2. The molecule has 0 amide bonds. The van der Waals surface area contributed by atoms with E-state index in [0.717, 1.165) is 68.6 Å². The molecule has 1 aliphatic rings. The number of hydrogen-bond acceptors (Lipinski definition) is 5. The molecule has 0 saturated carbocycles. The molecule has 1 heterocycles. The van der Waals surface area contributed by atoms with Crippen molar-refractivity contribution in [3.63, 3.8) is 0 Å². The van der Waals surface area contributed by atoms with Crippen LogP contribution in [0.2, 0.25) is 0 Å². The van der Waals surface area contributed by atoms with Crippen LogP contribution in [-0.4, -0.2) is 59.7 Å². The van der Waals surface area contributed by atoms with Crippen molar-refractivity contribution in [2.24, 2.45) is 4.99 Å². The summed E-state index contributed by atoms with van der Waals surface area (Å²) in [6.45, 7) is 5.23. The Kier molecular flexibility index (Phi) is 9.21. The predicted octanol–water partition coefficient (Wildman–Crippen LogP) is 2.52. The van der Waals surface area contributed by atoms with Crippen LogP contribution < -0.4 is 20.1 Å². The van der Waals surface area contributed by atoms with E-state index < -0.39 is 0 Å². The standard InChI is InChI=1S/C20H33N3O4/c1-15(18-14-17(24-3)6-7-19(18)25-4)23-20(21-2)22-10-5-11-27-16-8-12-26-13-9-16/h6-7,14-16H,5,8-13H2,1-4H3,(H2,21,22,23). The predicted molar refractivity (Wildman–Crippen MR) is 107 cm³/mol. The third kappa shape index (κ3) is 6.92. The first-order valence-corrected chi connectivity index (χ1v) is 9.56. The van der Waals surface area contributed by atoms with E-state index in [1.165, 1.54) is 0 Å². The minimum atomic E-state index is 0.0136. The number of nitrogens with one attached hydrogen (secondary N) is 2. The lowest BCUT2D eigenvalue weighted by Gasteiger charge is -2.23. The third-order valence-corrected chi connectivity index (χ3v) is 4.62. The van der Waals surface area contributed by atoms with E-state index in [9.17, 15) is 0 Å². The molecule has 1 aliphatic heterocycles. The van der Waals surface area contributed by atoms with Crippen molar-refractivity contribution in [1.29, 1.82) is 0 Å². The zero-order chi connectivity index (χ0) is 19.5. The molecule has 1 saturated heterocycles. The maximum Gasteiger partial charge on any atom is 0.191 e. The highest BCUT2D eigenvalue weighted by Gasteiger charge is 2.15. The number of guanidine groups is 1. The van der Waals surface area contributed by atoms with E-state index in [1.54, 1.807) is 21.3 Å². The van der Waals surface area contributed by atoms with Gasteiger partial charge in [0.05, 0.1) is 26.4 Å². The Labute approximate surface area is 162 Å². The molecule has 1 unspecified atom stereocenters. The Hall–Kier alpha value is -1.99. The number of benzene rings is 1. The minimum Gasteiger partial charge on any atom is -0.497 e. The van der Waals surface area contributed by atoms with Gasteiger partial charge in [-0.15, -0.1) is 0 Å². The molecule has 2 rings (SSSR count). The van der Waals surface area contributed by atoms with Gasteiger partial charge in [0.2, 0.25) is 0 Å². The Bertz CT molecular complexity index is 589. The van der Waals surface area contributed by atoms with Gasteiger partial charge in [0.15, 0.2) is 5.96 Å². The van der Waals surface area contributed by atoms with Gasteiger partial charge in [-0.3, -0.25) is 4.99 Å².